The second kappa shape index (κ2) is 9.42. The molecule has 2 fully saturated rings. The van der Waals surface area contributed by atoms with E-state index in [9.17, 15) is 18.5 Å². The summed E-state index contributed by atoms with van der Waals surface area (Å²) in [6.45, 7) is 6.00. The molecule has 0 spiro atoms. The molecule has 2 heterocycles. The number of amides is 1. The zero-order valence-corrected chi connectivity index (χ0v) is 17.6. The van der Waals surface area contributed by atoms with Gasteiger partial charge in [-0.15, -0.1) is 0 Å². The molecular weight excluding hydrogens is 388 g/mol. The van der Waals surface area contributed by atoms with Crippen LogP contribution in [-0.4, -0.2) is 79.3 Å². The van der Waals surface area contributed by atoms with E-state index < -0.39 is 9.84 Å². The van der Waals surface area contributed by atoms with E-state index in [1.54, 1.807) is 11.1 Å². The van der Waals surface area contributed by atoms with Crippen LogP contribution in [0.15, 0.2) is 42.1 Å². The fraction of sp³-hybridized carbons (Fsp3) is 0.524. The minimum absolute atomic E-state index is 0.0765. The highest BCUT2D eigenvalue weighted by Crippen LogP contribution is 2.19. The van der Waals surface area contributed by atoms with Crippen molar-refractivity contribution < 1.29 is 13.2 Å². The number of hydrogen-bond acceptors (Lipinski definition) is 6. The van der Waals surface area contributed by atoms with Gasteiger partial charge in [-0.2, -0.15) is 5.26 Å². The van der Waals surface area contributed by atoms with E-state index in [0.717, 1.165) is 19.6 Å². The van der Waals surface area contributed by atoms with Crippen LogP contribution >= 0.6 is 0 Å². The normalized spacial score (nSPS) is 22.3. The van der Waals surface area contributed by atoms with Crippen LogP contribution in [-0.2, 0) is 21.2 Å². The molecule has 2 aliphatic rings. The van der Waals surface area contributed by atoms with Gasteiger partial charge in [0.15, 0.2) is 9.84 Å². The molecule has 0 saturated carbocycles. The minimum Gasteiger partial charge on any atom is -0.372 e. The van der Waals surface area contributed by atoms with Crippen molar-refractivity contribution in [1.82, 2.24) is 14.7 Å². The number of piperazine rings is 1. The predicted molar refractivity (Wildman–Crippen MR) is 111 cm³/mol. The molecule has 0 radical (unpaired) electrons. The third-order valence-corrected chi connectivity index (χ3v) is 7.35. The highest BCUT2D eigenvalue weighted by Gasteiger charge is 2.31. The number of benzene rings is 1. The van der Waals surface area contributed by atoms with Crippen molar-refractivity contribution in [3.05, 3.63) is 47.7 Å². The molecule has 156 valence electrons. The van der Waals surface area contributed by atoms with E-state index in [1.807, 2.05) is 36.1 Å². The number of hydrogen-bond donors (Lipinski definition) is 0. The predicted octanol–water partition coefficient (Wildman–Crippen LogP) is 1.25. The Balaban J connectivity index is 1.59. The minimum atomic E-state index is -3.02. The largest absolute Gasteiger partial charge is 0.372 e. The van der Waals surface area contributed by atoms with Gasteiger partial charge in [-0.05, 0) is 18.9 Å². The Morgan fingerprint density at radius 3 is 2.48 bits per heavy atom. The maximum Gasteiger partial charge on any atom is 0.266 e. The molecule has 2 aliphatic heterocycles. The smallest absolute Gasteiger partial charge is 0.266 e. The first-order chi connectivity index (χ1) is 13.9. The van der Waals surface area contributed by atoms with Crippen molar-refractivity contribution in [1.29, 1.82) is 5.26 Å². The van der Waals surface area contributed by atoms with Crippen molar-refractivity contribution in [2.75, 3.05) is 44.2 Å². The summed E-state index contributed by atoms with van der Waals surface area (Å²) in [6.07, 6.45) is 2.10. The molecule has 3 rings (SSSR count). The fourth-order valence-electron chi connectivity index (χ4n) is 3.91. The number of carbonyl (C=O) groups excluding carboxylic acids is 1. The summed E-state index contributed by atoms with van der Waals surface area (Å²) >= 11 is 0. The molecule has 0 N–H and O–H groups in total. The van der Waals surface area contributed by atoms with Crippen molar-refractivity contribution in [2.45, 2.75) is 25.9 Å². The lowest BCUT2D eigenvalue weighted by atomic mass is 10.1. The van der Waals surface area contributed by atoms with Crippen LogP contribution in [0.5, 0.6) is 0 Å². The van der Waals surface area contributed by atoms with Gasteiger partial charge in [0.2, 0.25) is 0 Å². The third kappa shape index (κ3) is 5.58. The topological polar surface area (TPSA) is 84.7 Å². The average molecular weight is 417 g/mol. The van der Waals surface area contributed by atoms with E-state index in [1.165, 1.54) is 5.56 Å². The Morgan fingerprint density at radius 1 is 1.24 bits per heavy atom. The maximum absolute atomic E-state index is 12.9. The van der Waals surface area contributed by atoms with E-state index >= 15 is 0 Å². The Kier molecular flexibility index (Phi) is 6.93. The Hall–Kier alpha value is -2.37. The fourth-order valence-corrected chi connectivity index (χ4v) is 5.65. The molecule has 1 unspecified atom stereocenters. The van der Waals surface area contributed by atoms with Gasteiger partial charge in [-0.1, -0.05) is 30.3 Å². The molecule has 29 heavy (non-hydrogen) atoms. The first-order valence-electron chi connectivity index (χ1n) is 10.1. The number of rotatable bonds is 6. The lowest BCUT2D eigenvalue weighted by Gasteiger charge is -2.35. The lowest BCUT2D eigenvalue weighted by Crippen LogP contribution is -2.48. The highest BCUT2D eigenvalue weighted by atomic mass is 32.2. The summed E-state index contributed by atoms with van der Waals surface area (Å²) in [5.74, 6) is -0.0185. The molecule has 8 heteroatoms. The summed E-state index contributed by atoms with van der Waals surface area (Å²) in [4.78, 5) is 18.7. The summed E-state index contributed by atoms with van der Waals surface area (Å²) < 4.78 is 23.5. The van der Waals surface area contributed by atoms with Crippen molar-refractivity contribution in [3.8, 4) is 6.07 Å². The van der Waals surface area contributed by atoms with Crippen LogP contribution in [0.2, 0.25) is 0 Å². The SMILES string of the molecule is CCN(/C=C(/C#N)C(=O)N1CCN(Cc2ccccc2)CC1)C1CCS(=O)(=O)C1. The first-order valence-corrected chi connectivity index (χ1v) is 11.9. The Labute approximate surface area is 173 Å². The molecule has 1 aromatic rings. The van der Waals surface area contributed by atoms with Crippen molar-refractivity contribution in [3.63, 3.8) is 0 Å². The molecule has 0 bridgehead atoms. The first kappa shape index (κ1) is 21.3. The number of nitrogens with zero attached hydrogens (tertiary/aromatic N) is 4. The quantitative estimate of drug-likeness (QED) is 0.513. The summed E-state index contributed by atoms with van der Waals surface area (Å²) in [5.41, 5.74) is 1.32. The molecule has 1 aromatic carbocycles. The van der Waals surface area contributed by atoms with Gasteiger partial charge in [0.25, 0.3) is 5.91 Å². The third-order valence-electron chi connectivity index (χ3n) is 5.60. The van der Waals surface area contributed by atoms with E-state index in [0.29, 0.717) is 26.1 Å². The highest BCUT2D eigenvalue weighted by molar-refractivity contribution is 7.91. The standard InChI is InChI=1S/C21H28N4O3S/c1-2-24(20-8-13-29(27,28)17-20)16-19(14-22)21(26)25-11-9-23(10-12-25)15-18-6-4-3-5-7-18/h3-7,16,20H,2,8-13,15,17H2,1H3/b19-16-. The number of sulfone groups is 1. The maximum atomic E-state index is 12.9. The monoisotopic (exact) mass is 416 g/mol. The molecule has 1 amide bonds. The van der Waals surface area contributed by atoms with Crippen molar-refractivity contribution >= 4 is 15.7 Å². The molecule has 7 nitrogen and oxygen atoms in total. The molecule has 0 aromatic heterocycles. The summed E-state index contributed by atoms with van der Waals surface area (Å²) in [5, 5.41) is 9.54. The van der Waals surface area contributed by atoms with Crippen LogP contribution < -0.4 is 0 Å². The lowest BCUT2D eigenvalue weighted by molar-refractivity contribution is -0.128. The van der Waals surface area contributed by atoms with Crippen molar-refractivity contribution in [2.24, 2.45) is 0 Å². The summed E-state index contributed by atoms with van der Waals surface area (Å²) in [6, 6.07) is 12.1. The Bertz CT molecular complexity index is 884. The van der Waals surface area contributed by atoms with Gasteiger partial charge in [-0.3, -0.25) is 9.69 Å². The molecule has 0 aliphatic carbocycles. The van der Waals surface area contributed by atoms with Gasteiger partial charge >= 0.3 is 0 Å². The van der Waals surface area contributed by atoms with Crippen LogP contribution in [0, 0.1) is 11.3 Å². The second-order valence-electron chi connectivity index (χ2n) is 7.60. The van der Waals surface area contributed by atoms with Crippen LogP contribution in [0.1, 0.15) is 18.9 Å². The average Bonchev–Trinajstić information content (AvgIpc) is 3.09. The zero-order chi connectivity index (χ0) is 20.9. The number of nitriles is 1. The molecular formula is C21H28N4O3S. The van der Waals surface area contributed by atoms with Gasteiger partial charge in [-0.25, -0.2) is 8.42 Å². The van der Waals surface area contributed by atoms with Gasteiger partial charge in [0.05, 0.1) is 11.5 Å². The van der Waals surface area contributed by atoms with E-state index in [-0.39, 0.29) is 29.0 Å². The van der Waals surface area contributed by atoms with Gasteiger partial charge in [0.1, 0.15) is 11.6 Å². The van der Waals surface area contributed by atoms with E-state index in [4.69, 9.17) is 0 Å². The molecule has 2 saturated heterocycles. The number of carbonyl (C=O) groups is 1. The molecule has 1 atom stereocenters. The zero-order valence-electron chi connectivity index (χ0n) is 16.8. The van der Waals surface area contributed by atoms with Crippen LogP contribution in [0.25, 0.3) is 0 Å². The summed E-state index contributed by atoms with van der Waals surface area (Å²) in [7, 11) is -3.02. The second-order valence-corrected chi connectivity index (χ2v) is 9.82. The Morgan fingerprint density at radius 2 is 1.93 bits per heavy atom. The van der Waals surface area contributed by atoms with Gasteiger partial charge < -0.3 is 9.80 Å². The van der Waals surface area contributed by atoms with E-state index in [2.05, 4.69) is 17.0 Å². The van der Waals surface area contributed by atoms with Crippen LogP contribution in [0.4, 0.5) is 0 Å². The van der Waals surface area contributed by atoms with Crippen LogP contribution in [0.3, 0.4) is 0 Å². The van der Waals surface area contributed by atoms with Gasteiger partial charge in [0, 0.05) is 51.5 Å².